The predicted octanol–water partition coefficient (Wildman–Crippen LogP) is 5.19. The van der Waals surface area contributed by atoms with Gasteiger partial charge in [-0.05, 0) is 70.2 Å². The van der Waals surface area contributed by atoms with E-state index in [-0.39, 0.29) is 11.5 Å². The molecule has 7 nitrogen and oxygen atoms in total. The molecule has 0 saturated carbocycles. The second kappa shape index (κ2) is 10.6. The third-order valence-corrected chi connectivity index (χ3v) is 6.35. The van der Waals surface area contributed by atoms with E-state index in [1.54, 1.807) is 42.8 Å². The molecule has 2 fully saturated rings. The topological polar surface area (TPSA) is 67.8 Å². The summed E-state index contributed by atoms with van der Waals surface area (Å²) < 4.78 is 52.2. The molecule has 0 aliphatic carbocycles. The molecule has 1 amide bonds. The van der Waals surface area contributed by atoms with Crippen LogP contribution in [0.3, 0.4) is 0 Å². The van der Waals surface area contributed by atoms with E-state index in [0.29, 0.717) is 37.7 Å². The molecule has 10 heteroatoms. The van der Waals surface area contributed by atoms with Gasteiger partial charge in [0.2, 0.25) is 0 Å². The van der Waals surface area contributed by atoms with Crippen molar-refractivity contribution in [2.45, 2.75) is 51.8 Å². The summed E-state index contributed by atoms with van der Waals surface area (Å²) in [6.45, 7) is 8.24. The highest BCUT2D eigenvalue weighted by atomic mass is 19.4. The predicted molar refractivity (Wildman–Crippen MR) is 130 cm³/mol. The van der Waals surface area contributed by atoms with Crippen molar-refractivity contribution in [3.8, 4) is 11.3 Å². The lowest BCUT2D eigenvalue weighted by atomic mass is 9.94. The van der Waals surface area contributed by atoms with E-state index in [0.717, 1.165) is 50.3 Å². The van der Waals surface area contributed by atoms with Crippen LogP contribution in [0.1, 0.15) is 44.9 Å². The Morgan fingerprint density at radius 1 is 1.08 bits per heavy atom. The van der Waals surface area contributed by atoms with Crippen molar-refractivity contribution in [3.05, 3.63) is 41.7 Å². The van der Waals surface area contributed by atoms with Crippen LogP contribution in [-0.4, -0.2) is 66.0 Å². The highest BCUT2D eigenvalue weighted by Gasteiger charge is 2.33. The minimum absolute atomic E-state index is 0.242. The van der Waals surface area contributed by atoms with Gasteiger partial charge in [0, 0.05) is 56.8 Å². The van der Waals surface area contributed by atoms with Gasteiger partial charge in [-0.1, -0.05) is 0 Å². The van der Waals surface area contributed by atoms with Crippen molar-refractivity contribution >= 4 is 11.9 Å². The fraction of sp³-hybridized carbons (Fsp3) is 0.577. The van der Waals surface area contributed by atoms with Crippen LogP contribution in [0.25, 0.3) is 11.3 Å². The van der Waals surface area contributed by atoms with E-state index in [9.17, 15) is 18.0 Å². The molecule has 2 aliphatic rings. The molecule has 0 N–H and O–H groups in total. The van der Waals surface area contributed by atoms with Crippen LogP contribution >= 0.6 is 0 Å². The first kappa shape index (κ1) is 26.2. The molecule has 2 saturated heterocycles. The molecule has 2 aromatic heterocycles. The van der Waals surface area contributed by atoms with Crippen molar-refractivity contribution in [2.24, 2.45) is 5.92 Å². The summed E-state index contributed by atoms with van der Waals surface area (Å²) in [6, 6.07) is 5.70. The van der Waals surface area contributed by atoms with Crippen LogP contribution in [0.15, 0.2) is 30.5 Å². The highest BCUT2D eigenvalue weighted by molar-refractivity contribution is 5.69. The number of rotatable bonds is 4. The van der Waals surface area contributed by atoms with Crippen LogP contribution in [0.2, 0.25) is 0 Å². The first-order chi connectivity index (χ1) is 17.0. The van der Waals surface area contributed by atoms with Crippen molar-refractivity contribution in [1.82, 2.24) is 14.9 Å². The van der Waals surface area contributed by atoms with Gasteiger partial charge in [0.05, 0.1) is 11.3 Å². The summed E-state index contributed by atoms with van der Waals surface area (Å²) in [5.74, 6) is 0.694. The third kappa shape index (κ3) is 6.87. The molecule has 0 unspecified atom stereocenters. The number of alkyl halides is 3. The molecular formula is C26H33F3N4O3. The van der Waals surface area contributed by atoms with Gasteiger partial charge in [0.1, 0.15) is 11.4 Å². The van der Waals surface area contributed by atoms with E-state index in [4.69, 9.17) is 9.47 Å². The molecule has 2 aliphatic heterocycles. The number of amides is 1. The van der Waals surface area contributed by atoms with Crippen molar-refractivity contribution in [3.63, 3.8) is 0 Å². The van der Waals surface area contributed by atoms with Crippen LogP contribution in [0.4, 0.5) is 23.8 Å². The maximum Gasteiger partial charge on any atom is 0.416 e. The smallest absolute Gasteiger partial charge is 0.416 e. The maximum atomic E-state index is 13.8. The number of aromatic nitrogens is 2. The Labute approximate surface area is 209 Å². The summed E-state index contributed by atoms with van der Waals surface area (Å²) in [6.07, 6.45) is -0.641. The Morgan fingerprint density at radius 2 is 1.78 bits per heavy atom. The molecular weight excluding hydrogens is 473 g/mol. The highest BCUT2D eigenvalue weighted by Crippen LogP contribution is 2.35. The number of anilines is 1. The lowest BCUT2D eigenvalue weighted by Crippen LogP contribution is -2.50. The van der Waals surface area contributed by atoms with Gasteiger partial charge in [0.15, 0.2) is 0 Å². The zero-order valence-electron chi connectivity index (χ0n) is 21.0. The van der Waals surface area contributed by atoms with Gasteiger partial charge >= 0.3 is 12.3 Å². The molecule has 0 spiro atoms. The monoisotopic (exact) mass is 506 g/mol. The van der Waals surface area contributed by atoms with Gasteiger partial charge in [-0.2, -0.15) is 13.2 Å². The Morgan fingerprint density at radius 3 is 2.42 bits per heavy atom. The molecule has 0 radical (unpaired) electrons. The second-order valence-corrected chi connectivity index (χ2v) is 10.3. The lowest BCUT2D eigenvalue weighted by molar-refractivity contribution is -0.137. The third-order valence-electron chi connectivity index (χ3n) is 6.35. The lowest BCUT2D eigenvalue weighted by Gasteiger charge is -2.36. The normalized spacial score (nSPS) is 17.8. The number of nitrogens with zero attached hydrogens (tertiary/aromatic N) is 4. The standard InChI is InChI=1S/C26H33F3N4O3/c1-25(2,3)36-24(34)33-10-8-32(9-11-33)23-17-20(26(27,28)29)16-22(31-23)19-4-7-30-21(15-19)14-18-5-12-35-13-6-18/h4,7,15-18H,5-6,8-14H2,1-3H3. The van der Waals surface area contributed by atoms with E-state index < -0.39 is 23.4 Å². The van der Waals surface area contributed by atoms with Crippen molar-refractivity contribution in [2.75, 3.05) is 44.3 Å². The Hall–Kier alpha value is -2.88. The first-order valence-electron chi connectivity index (χ1n) is 12.3. The Bertz CT molecular complexity index is 1060. The summed E-state index contributed by atoms with van der Waals surface area (Å²) in [7, 11) is 0. The zero-order chi connectivity index (χ0) is 25.9. The molecule has 36 heavy (non-hydrogen) atoms. The summed E-state index contributed by atoms with van der Waals surface area (Å²) in [4.78, 5) is 24.8. The zero-order valence-corrected chi connectivity index (χ0v) is 21.0. The number of halogens is 3. The van der Waals surface area contributed by atoms with Crippen LogP contribution in [-0.2, 0) is 22.1 Å². The minimum Gasteiger partial charge on any atom is -0.444 e. The summed E-state index contributed by atoms with van der Waals surface area (Å²) in [5, 5.41) is 0. The number of piperazine rings is 1. The van der Waals surface area contributed by atoms with Crippen LogP contribution < -0.4 is 4.90 Å². The minimum atomic E-state index is -4.51. The second-order valence-electron chi connectivity index (χ2n) is 10.3. The van der Waals surface area contributed by atoms with Gasteiger partial charge in [-0.25, -0.2) is 9.78 Å². The SMILES string of the molecule is CC(C)(C)OC(=O)N1CCN(c2cc(C(F)(F)F)cc(-c3ccnc(CC4CCOCC4)c3)n2)CC1. The Kier molecular flexibility index (Phi) is 7.73. The fourth-order valence-corrected chi connectivity index (χ4v) is 4.43. The van der Waals surface area contributed by atoms with E-state index in [1.807, 2.05) is 6.07 Å². The maximum absolute atomic E-state index is 13.8. The molecule has 2 aromatic rings. The average molecular weight is 507 g/mol. The van der Waals surface area contributed by atoms with Gasteiger partial charge < -0.3 is 19.3 Å². The van der Waals surface area contributed by atoms with Gasteiger partial charge in [-0.3, -0.25) is 4.98 Å². The molecule has 0 aromatic carbocycles. The fourth-order valence-electron chi connectivity index (χ4n) is 4.43. The average Bonchev–Trinajstić information content (AvgIpc) is 2.83. The number of hydrogen-bond donors (Lipinski definition) is 0. The molecule has 0 atom stereocenters. The van der Waals surface area contributed by atoms with Crippen LogP contribution in [0.5, 0.6) is 0 Å². The van der Waals surface area contributed by atoms with Crippen molar-refractivity contribution < 1.29 is 27.4 Å². The van der Waals surface area contributed by atoms with E-state index >= 15 is 0 Å². The van der Waals surface area contributed by atoms with Gasteiger partial charge in [-0.15, -0.1) is 0 Å². The first-order valence-corrected chi connectivity index (χ1v) is 12.3. The number of pyridine rings is 2. The molecule has 4 heterocycles. The van der Waals surface area contributed by atoms with Crippen molar-refractivity contribution in [1.29, 1.82) is 0 Å². The Balaban J connectivity index is 1.54. The summed E-state index contributed by atoms with van der Waals surface area (Å²) >= 11 is 0. The molecule has 196 valence electrons. The number of carbonyl (C=O) groups excluding carboxylic acids is 1. The molecule has 4 rings (SSSR count). The largest absolute Gasteiger partial charge is 0.444 e. The van der Waals surface area contributed by atoms with E-state index in [1.165, 1.54) is 0 Å². The molecule has 0 bridgehead atoms. The number of hydrogen-bond acceptors (Lipinski definition) is 6. The van der Waals surface area contributed by atoms with Gasteiger partial charge in [0.25, 0.3) is 0 Å². The number of ether oxygens (including phenoxy) is 2. The van der Waals surface area contributed by atoms with Crippen LogP contribution in [0, 0.1) is 5.92 Å². The summed E-state index contributed by atoms with van der Waals surface area (Å²) in [5.41, 5.74) is 0.336. The quantitative estimate of drug-likeness (QED) is 0.569. The van der Waals surface area contributed by atoms with E-state index in [2.05, 4.69) is 9.97 Å². The number of carbonyl (C=O) groups is 1.